The number of allylic oxidation sites excluding steroid dienone is 1. The molecule has 12 heavy (non-hydrogen) atoms. The Morgan fingerprint density at radius 1 is 1.33 bits per heavy atom. The molecule has 1 aromatic carbocycles. The second-order valence-corrected chi connectivity index (χ2v) is 2.36. The van der Waals surface area contributed by atoms with E-state index in [1.54, 1.807) is 6.08 Å². The van der Waals surface area contributed by atoms with Gasteiger partial charge in [-0.25, -0.2) is 0 Å². The molecule has 1 N–H and O–H groups in total. The fourth-order valence-electron chi connectivity index (χ4n) is 0.857. The van der Waals surface area contributed by atoms with E-state index in [0.717, 1.165) is 5.69 Å². The molecule has 0 saturated carbocycles. The van der Waals surface area contributed by atoms with Crippen molar-refractivity contribution in [3.63, 3.8) is 0 Å². The highest BCUT2D eigenvalue weighted by Crippen LogP contribution is 2.04. The van der Waals surface area contributed by atoms with E-state index >= 15 is 0 Å². The third-order valence-corrected chi connectivity index (χ3v) is 1.36. The van der Waals surface area contributed by atoms with Crippen LogP contribution in [-0.4, -0.2) is 5.91 Å². The molecule has 2 nitrogen and oxygen atoms in total. The Balaban J connectivity index is 2.59. The Hall–Kier alpha value is -1.57. The van der Waals surface area contributed by atoms with Crippen LogP contribution in [0.2, 0.25) is 0 Å². The monoisotopic (exact) mass is 161 g/mol. The van der Waals surface area contributed by atoms with Crippen molar-refractivity contribution in [1.82, 2.24) is 0 Å². The lowest BCUT2D eigenvalue weighted by molar-refractivity contribution is -0.111. The summed E-state index contributed by atoms with van der Waals surface area (Å²) in [5, 5.41) is 2.72. The van der Waals surface area contributed by atoms with E-state index in [1.807, 2.05) is 37.3 Å². The standard InChI is InChI=1S/C10H11NO/c1-2-6-10(12)11-9-7-4-3-5-8-9/h2-8H,1H3,(H,11,12)/b6-2-. The van der Waals surface area contributed by atoms with E-state index in [-0.39, 0.29) is 5.91 Å². The van der Waals surface area contributed by atoms with Crippen molar-refractivity contribution in [2.24, 2.45) is 0 Å². The topological polar surface area (TPSA) is 29.1 Å². The molecule has 0 aliphatic carbocycles. The molecule has 0 radical (unpaired) electrons. The van der Waals surface area contributed by atoms with Crippen LogP contribution >= 0.6 is 0 Å². The van der Waals surface area contributed by atoms with Gasteiger partial charge in [-0.1, -0.05) is 24.3 Å². The predicted octanol–water partition coefficient (Wildman–Crippen LogP) is 2.20. The Labute approximate surface area is 71.9 Å². The zero-order chi connectivity index (χ0) is 8.81. The van der Waals surface area contributed by atoms with Crippen LogP contribution in [0, 0.1) is 0 Å². The van der Waals surface area contributed by atoms with Gasteiger partial charge in [0.25, 0.3) is 0 Å². The summed E-state index contributed by atoms with van der Waals surface area (Å²) < 4.78 is 0. The first kappa shape index (κ1) is 8.53. The summed E-state index contributed by atoms with van der Waals surface area (Å²) in [5.41, 5.74) is 0.820. The molecule has 0 bridgehead atoms. The fraction of sp³-hybridized carbons (Fsp3) is 0.100. The van der Waals surface area contributed by atoms with E-state index in [0.29, 0.717) is 0 Å². The second kappa shape index (κ2) is 4.34. The lowest BCUT2D eigenvalue weighted by Crippen LogP contribution is -2.06. The molecule has 0 aliphatic heterocycles. The van der Waals surface area contributed by atoms with Gasteiger partial charge in [0.2, 0.25) is 5.91 Å². The molecule has 1 aromatic rings. The van der Waals surface area contributed by atoms with Crippen molar-refractivity contribution < 1.29 is 4.79 Å². The fourth-order valence-corrected chi connectivity index (χ4v) is 0.857. The van der Waals surface area contributed by atoms with Gasteiger partial charge < -0.3 is 5.32 Å². The molecule has 2 heteroatoms. The molecule has 0 atom stereocenters. The van der Waals surface area contributed by atoms with Gasteiger partial charge in [0.1, 0.15) is 0 Å². The smallest absolute Gasteiger partial charge is 0.248 e. The maximum Gasteiger partial charge on any atom is 0.248 e. The minimum Gasteiger partial charge on any atom is -0.323 e. The minimum absolute atomic E-state index is 0.0938. The molecule has 0 heterocycles. The van der Waals surface area contributed by atoms with E-state index in [9.17, 15) is 4.79 Å². The SMILES string of the molecule is C/C=C\C(=O)Nc1ccccc1. The number of para-hydroxylation sites is 1. The highest BCUT2D eigenvalue weighted by atomic mass is 16.1. The van der Waals surface area contributed by atoms with Gasteiger partial charge in [-0.15, -0.1) is 0 Å². The molecule has 0 unspecified atom stereocenters. The molecule has 0 aliphatic rings. The maximum absolute atomic E-state index is 11.0. The van der Waals surface area contributed by atoms with Crippen molar-refractivity contribution in [2.45, 2.75) is 6.92 Å². The molecule has 62 valence electrons. The molecule has 0 fully saturated rings. The number of hydrogen-bond donors (Lipinski definition) is 1. The third kappa shape index (κ3) is 2.58. The summed E-state index contributed by atoms with van der Waals surface area (Å²) in [7, 11) is 0. The Morgan fingerprint density at radius 3 is 2.58 bits per heavy atom. The van der Waals surface area contributed by atoms with Crippen molar-refractivity contribution in [3.05, 3.63) is 42.5 Å². The van der Waals surface area contributed by atoms with Crippen molar-refractivity contribution >= 4 is 11.6 Å². The number of hydrogen-bond acceptors (Lipinski definition) is 1. The molecule has 0 spiro atoms. The quantitative estimate of drug-likeness (QED) is 0.662. The first-order valence-corrected chi connectivity index (χ1v) is 3.81. The lowest BCUT2D eigenvalue weighted by atomic mass is 10.3. The first-order chi connectivity index (χ1) is 5.83. The zero-order valence-electron chi connectivity index (χ0n) is 6.95. The van der Waals surface area contributed by atoms with Crippen LogP contribution in [0.1, 0.15) is 6.92 Å². The highest BCUT2D eigenvalue weighted by molar-refractivity contribution is 5.99. The summed E-state index contributed by atoms with van der Waals surface area (Å²) >= 11 is 0. The number of carbonyl (C=O) groups excluding carboxylic acids is 1. The summed E-state index contributed by atoms with van der Waals surface area (Å²) in [5.74, 6) is -0.0938. The summed E-state index contributed by atoms with van der Waals surface area (Å²) in [6, 6.07) is 9.37. The average Bonchev–Trinajstić information content (AvgIpc) is 2.06. The maximum atomic E-state index is 11.0. The van der Waals surface area contributed by atoms with Gasteiger partial charge in [-0.3, -0.25) is 4.79 Å². The van der Waals surface area contributed by atoms with E-state index < -0.39 is 0 Å². The van der Waals surface area contributed by atoms with Crippen molar-refractivity contribution in [2.75, 3.05) is 5.32 Å². The number of rotatable bonds is 2. The number of amides is 1. The van der Waals surface area contributed by atoms with Crippen LogP contribution in [0.5, 0.6) is 0 Å². The number of benzene rings is 1. The molecule has 1 rings (SSSR count). The van der Waals surface area contributed by atoms with Crippen LogP contribution in [0.15, 0.2) is 42.5 Å². The predicted molar refractivity (Wildman–Crippen MR) is 49.9 cm³/mol. The summed E-state index contributed by atoms with van der Waals surface area (Å²) in [4.78, 5) is 11.0. The Morgan fingerprint density at radius 2 is 2.00 bits per heavy atom. The average molecular weight is 161 g/mol. The molecule has 0 saturated heterocycles. The van der Waals surface area contributed by atoms with Gasteiger partial charge in [0.05, 0.1) is 0 Å². The largest absolute Gasteiger partial charge is 0.323 e. The summed E-state index contributed by atoms with van der Waals surface area (Å²) in [6.45, 7) is 1.81. The van der Waals surface area contributed by atoms with Gasteiger partial charge >= 0.3 is 0 Å². The van der Waals surface area contributed by atoms with Crippen molar-refractivity contribution in [3.8, 4) is 0 Å². The second-order valence-electron chi connectivity index (χ2n) is 2.36. The highest BCUT2D eigenvalue weighted by Gasteiger charge is 1.93. The van der Waals surface area contributed by atoms with Crippen LogP contribution in [0.4, 0.5) is 5.69 Å². The van der Waals surface area contributed by atoms with E-state index in [2.05, 4.69) is 5.32 Å². The Bertz CT molecular complexity index is 277. The Kier molecular flexibility index (Phi) is 3.08. The van der Waals surface area contributed by atoms with Gasteiger partial charge in [0.15, 0.2) is 0 Å². The summed E-state index contributed by atoms with van der Waals surface area (Å²) in [6.07, 6.45) is 3.20. The number of anilines is 1. The van der Waals surface area contributed by atoms with Gasteiger partial charge in [-0.2, -0.15) is 0 Å². The van der Waals surface area contributed by atoms with Crippen LogP contribution in [0.3, 0.4) is 0 Å². The number of nitrogens with one attached hydrogen (secondary N) is 1. The molecule has 0 aromatic heterocycles. The molecule has 1 amide bonds. The van der Waals surface area contributed by atoms with Crippen molar-refractivity contribution in [1.29, 1.82) is 0 Å². The minimum atomic E-state index is -0.0938. The molecular weight excluding hydrogens is 150 g/mol. The normalized spacial score (nSPS) is 10.1. The lowest BCUT2D eigenvalue weighted by Gasteiger charge is -1.99. The number of carbonyl (C=O) groups is 1. The van der Waals surface area contributed by atoms with Crippen LogP contribution in [0.25, 0.3) is 0 Å². The molecular formula is C10H11NO. The van der Waals surface area contributed by atoms with Gasteiger partial charge in [-0.05, 0) is 25.1 Å². The van der Waals surface area contributed by atoms with E-state index in [4.69, 9.17) is 0 Å². The third-order valence-electron chi connectivity index (χ3n) is 1.36. The van der Waals surface area contributed by atoms with E-state index in [1.165, 1.54) is 6.08 Å². The zero-order valence-corrected chi connectivity index (χ0v) is 6.95. The first-order valence-electron chi connectivity index (χ1n) is 3.81. The van der Waals surface area contributed by atoms with Crippen LogP contribution in [-0.2, 0) is 4.79 Å². The van der Waals surface area contributed by atoms with Gasteiger partial charge in [0, 0.05) is 5.69 Å². The van der Waals surface area contributed by atoms with Crippen LogP contribution < -0.4 is 5.32 Å².